The average molecular weight is 505 g/mol. The highest BCUT2D eigenvalue weighted by Gasteiger charge is 2.44. The van der Waals surface area contributed by atoms with Gasteiger partial charge in [-0.05, 0) is 62.7 Å². The van der Waals surface area contributed by atoms with Gasteiger partial charge in [0, 0.05) is 36.8 Å². The molecule has 1 N–H and O–H groups in total. The zero-order chi connectivity index (χ0) is 25.8. The minimum Gasteiger partial charge on any atom is -0.359 e. The lowest BCUT2D eigenvalue weighted by atomic mass is 9.98. The molecule has 192 valence electrons. The summed E-state index contributed by atoms with van der Waals surface area (Å²) >= 11 is 0. The second kappa shape index (κ2) is 9.06. The molecular weight excluding hydrogens is 474 g/mol. The molecule has 2 bridgehead atoms. The number of aromatic nitrogens is 2. The van der Waals surface area contributed by atoms with Crippen molar-refractivity contribution in [3.63, 3.8) is 0 Å². The van der Waals surface area contributed by atoms with Crippen LogP contribution in [0.4, 0.5) is 20.5 Å². The minimum atomic E-state index is -0.433. The van der Waals surface area contributed by atoms with Gasteiger partial charge in [0.2, 0.25) is 5.95 Å². The van der Waals surface area contributed by atoms with Gasteiger partial charge in [0.05, 0.1) is 12.6 Å². The van der Waals surface area contributed by atoms with Gasteiger partial charge in [-0.15, -0.1) is 0 Å². The number of likely N-dealkylation sites (tertiary alicyclic amines) is 1. The minimum absolute atomic E-state index is 0.0134. The maximum absolute atomic E-state index is 13.8. The van der Waals surface area contributed by atoms with Crippen molar-refractivity contribution < 1.29 is 13.6 Å². The van der Waals surface area contributed by atoms with Crippen LogP contribution >= 0.6 is 0 Å². The van der Waals surface area contributed by atoms with Crippen LogP contribution in [-0.2, 0) is 6.54 Å². The summed E-state index contributed by atoms with van der Waals surface area (Å²) in [4.78, 5) is 29.5. The van der Waals surface area contributed by atoms with E-state index in [2.05, 4.69) is 22.2 Å². The van der Waals surface area contributed by atoms with Gasteiger partial charge in [0.25, 0.3) is 5.91 Å². The van der Waals surface area contributed by atoms with E-state index in [1.165, 1.54) is 24.3 Å². The van der Waals surface area contributed by atoms with Gasteiger partial charge in [-0.25, -0.2) is 13.8 Å². The van der Waals surface area contributed by atoms with Crippen molar-refractivity contribution in [1.29, 1.82) is 0 Å². The lowest BCUT2D eigenvalue weighted by Gasteiger charge is -2.32. The standard InChI is InChI=1S/C28H30F2N6O/c1-16(2)35-15-23-25(27(35)37)32-28(36-14-21-12-22(36)13-34(21)3)33-26(23)31-24(17-4-8-19(29)9-5-17)18-6-10-20(30)11-7-18/h4-11,16,21-22,24H,12-15H2,1-3H3,(H,31,32,33). The molecule has 37 heavy (non-hydrogen) atoms. The van der Waals surface area contributed by atoms with Crippen LogP contribution in [0.25, 0.3) is 0 Å². The Morgan fingerprint density at radius 1 is 0.919 bits per heavy atom. The third kappa shape index (κ3) is 4.21. The number of piperazine rings is 1. The van der Waals surface area contributed by atoms with Crippen molar-refractivity contribution in [2.24, 2.45) is 0 Å². The summed E-state index contributed by atoms with van der Waals surface area (Å²) in [7, 11) is 2.14. The predicted molar refractivity (Wildman–Crippen MR) is 137 cm³/mol. The molecule has 1 amide bonds. The number of carbonyl (C=O) groups excluding carboxylic acids is 1. The van der Waals surface area contributed by atoms with Gasteiger partial charge in [-0.3, -0.25) is 9.69 Å². The fraction of sp³-hybridized carbons (Fsp3) is 0.393. The Hall–Kier alpha value is -3.59. The molecular formula is C28H30F2N6O. The maximum atomic E-state index is 13.8. The molecule has 3 aliphatic heterocycles. The third-order valence-electron chi connectivity index (χ3n) is 7.87. The quantitative estimate of drug-likeness (QED) is 0.543. The van der Waals surface area contributed by atoms with Crippen LogP contribution in [0.2, 0.25) is 0 Å². The van der Waals surface area contributed by atoms with Crippen LogP contribution in [0.5, 0.6) is 0 Å². The molecule has 6 rings (SSSR count). The van der Waals surface area contributed by atoms with Crippen molar-refractivity contribution in [3.8, 4) is 0 Å². The van der Waals surface area contributed by atoms with Gasteiger partial charge in [0.1, 0.15) is 23.1 Å². The maximum Gasteiger partial charge on any atom is 0.273 e. The van der Waals surface area contributed by atoms with E-state index in [9.17, 15) is 13.6 Å². The first-order chi connectivity index (χ1) is 17.8. The second-order valence-corrected chi connectivity index (χ2v) is 10.5. The fourth-order valence-corrected chi connectivity index (χ4v) is 5.76. The molecule has 2 fully saturated rings. The van der Waals surface area contributed by atoms with Crippen molar-refractivity contribution in [3.05, 3.63) is 82.5 Å². The molecule has 3 aromatic rings. The second-order valence-electron chi connectivity index (χ2n) is 10.5. The number of hydrogen-bond donors (Lipinski definition) is 1. The molecule has 9 heteroatoms. The monoisotopic (exact) mass is 504 g/mol. The van der Waals surface area contributed by atoms with E-state index in [0.29, 0.717) is 36.1 Å². The Bertz CT molecular complexity index is 1280. The number of hydrogen-bond acceptors (Lipinski definition) is 6. The molecule has 0 radical (unpaired) electrons. The number of nitrogens with zero attached hydrogens (tertiary/aromatic N) is 5. The molecule has 2 atom stereocenters. The number of carbonyl (C=O) groups is 1. The van der Waals surface area contributed by atoms with Crippen molar-refractivity contribution in [2.45, 2.75) is 51.0 Å². The smallest absolute Gasteiger partial charge is 0.273 e. The van der Waals surface area contributed by atoms with Crippen molar-refractivity contribution in [1.82, 2.24) is 19.8 Å². The Labute approximate surface area is 215 Å². The van der Waals surface area contributed by atoms with Crippen LogP contribution in [0.15, 0.2) is 48.5 Å². The first kappa shape index (κ1) is 23.8. The molecule has 0 saturated carbocycles. The van der Waals surface area contributed by atoms with Crippen LogP contribution in [0, 0.1) is 11.6 Å². The number of anilines is 2. The average Bonchev–Trinajstić information content (AvgIpc) is 3.56. The van der Waals surface area contributed by atoms with E-state index in [-0.39, 0.29) is 23.6 Å². The third-order valence-corrected chi connectivity index (χ3v) is 7.87. The van der Waals surface area contributed by atoms with Gasteiger partial charge in [-0.1, -0.05) is 24.3 Å². The molecule has 0 spiro atoms. The molecule has 1 aromatic heterocycles. The van der Waals surface area contributed by atoms with Crippen LogP contribution in [-0.4, -0.2) is 63.9 Å². The van der Waals surface area contributed by atoms with E-state index in [1.807, 2.05) is 13.8 Å². The summed E-state index contributed by atoms with van der Waals surface area (Å²) in [5.41, 5.74) is 2.77. The summed E-state index contributed by atoms with van der Waals surface area (Å²) in [5.74, 6) is 0.362. The van der Waals surface area contributed by atoms with Crippen molar-refractivity contribution in [2.75, 3.05) is 30.4 Å². The van der Waals surface area contributed by atoms with Crippen molar-refractivity contribution >= 4 is 17.7 Å². The SMILES string of the molecule is CC(C)N1Cc2c(NC(c3ccc(F)cc3)c3ccc(F)cc3)nc(N3CC4CC3CN4C)nc2C1=O. The normalized spacial score (nSPS) is 21.0. The zero-order valence-corrected chi connectivity index (χ0v) is 21.2. The van der Waals surface area contributed by atoms with Gasteiger partial charge in [-0.2, -0.15) is 4.98 Å². The molecule has 0 aliphatic carbocycles. The van der Waals surface area contributed by atoms with Crippen LogP contribution < -0.4 is 10.2 Å². The van der Waals surface area contributed by atoms with E-state index in [0.717, 1.165) is 36.2 Å². The number of fused-ring (bicyclic) bond motifs is 3. The van der Waals surface area contributed by atoms with Gasteiger partial charge < -0.3 is 15.1 Å². The Morgan fingerprint density at radius 2 is 1.54 bits per heavy atom. The molecule has 4 heterocycles. The molecule has 3 aliphatic rings. The highest BCUT2D eigenvalue weighted by Crippen LogP contribution is 2.37. The highest BCUT2D eigenvalue weighted by molar-refractivity contribution is 5.98. The molecule has 2 aromatic carbocycles. The first-order valence-corrected chi connectivity index (χ1v) is 12.7. The Morgan fingerprint density at radius 3 is 2.05 bits per heavy atom. The fourth-order valence-electron chi connectivity index (χ4n) is 5.76. The topological polar surface area (TPSA) is 64.6 Å². The first-order valence-electron chi connectivity index (χ1n) is 12.7. The summed E-state index contributed by atoms with van der Waals surface area (Å²) < 4.78 is 27.5. The Kier molecular flexibility index (Phi) is 5.82. The zero-order valence-electron chi connectivity index (χ0n) is 21.2. The largest absolute Gasteiger partial charge is 0.359 e. The lowest BCUT2D eigenvalue weighted by Crippen LogP contribution is -2.45. The summed E-state index contributed by atoms with van der Waals surface area (Å²) in [5, 5.41) is 3.54. The lowest BCUT2D eigenvalue weighted by molar-refractivity contribution is 0.0726. The number of nitrogens with one attached hydrogen (secondary N) is 1. The summed E-state index contributed by atoms with van der Waals surface area (Å²) in [6, 6.07) is 12.8. The Balaban J connectivity index is 1.44. The number of benzene rings is 2. The molecule has 2 saturated heterocycles. The molecule has 2 unspecified atom stereocenters. The number of halogens is 2. The number of amides is 1. The van der Waals surface area contributed by atoms with E-state index < -0.39 is 6.04 Å². The van der Waals surface area contributed by atoms with Gasteiger partial charge >= 0.3 is 0 Å². The van der Waals surface area contributed by atoms with Crippen LogP contribution in [0.1, 0.15) is 53.5 Å². The predicted octanol–water partition coefficient (Wildman–Crippen LogP) is 4.21. The van der Waals surface area contributed by atoms with E-state index >= 15 is 0 Å². The molecule has 7 nitrogen and oxygen atoms in total. The number of rotatable bonds is 6. The number of likely N-dealkylation sites (N-methyl/N-ethyl adjacent to an activating group) is 1. The summed E-state index contributed by atoms with van der Waals surface area (Å²) in [6.45, 7) is 6.14. The van der Waals surface area contributed by atoms with Gasteiger partial charge in [0.15, 0.2) is 0 Å². The van der Waals surface area contributed by atoms with E-state index in [1.54, 1.807) is 29.2 Å². The van der Waals surface area contributed by atoms with E-state index in [4.69, 9.17) is 9.97 Å². The highest BCUT2D eigenvalue weighted by atomic mass is 19.1. The summed E-state index contributed by atoms with van der Waals surface area (Å²) in [6.07, 6.45) is 1.06. The van der Waals surface area contributed by atoms with Crippen LogP contribution in [0.3, 0.4) is 0 Å².